The Hall–Kier alpha value is -3.10. The van der Waals surface area contributed by atoms with Crippen LogP contribution in [0.15, 0.2) is 88.7 Å². The number of nitrogens with zero attached hydrogens (tertiary/aromatic N) is 1. The molecule has 1 saturated heterocycles. The SMILES string of the molecule is Cc1ccc(N2C(=O)C[C@@H](Sc3ccc(NS(=O)(=O)c4ccccc4)cc3)C2=O)cc1. The minimum atomic E-state index is -3.67. The van der Waals surface area contributed by atoms with Gasteiger partial charge in [-0.1, -0.05) is 35.9 Å². The second-order valence-corrected chi connectivity index (χ2v) is 10.1. The number of amides is 2. The number of hydrogen-bond acceptors (Lipinski definition) is 5. The molecule has 1 heterocycles. The number of thioether (sulfide) groups is 1. The van der Waals surface area contributed by atoms with Gasteiger partial charge in [-0.15, -0.1) is 11.8 Å². The number of carbonyl (C=O) groups is 2. The first-order valence-corrected chi connectivity index (χ1v) is 12.0. The van der Waals surface area contributed by atoms with Crippen LogP contribution in [0.2, 0.25) is 0 Å². The van der Waals surface area contributed by atoms with Gasteiger partial charge in [0.1, 0.15) is 0 Å². The molecule has 1 fully saturated rings. The molecule has 2 amide bonds. The van der Waals surface area contributed by atoms with Crippen molar-refractivity contribution in [2.45, 2.75) is 28.4 Å². The number of hydrogen-bond donors (Lipinski definition) is 1. The van der Waals surface area contributed by atoms with Gasteiger partial charge in [-0.25, -0.2) is 13.3 Å². The molecular formula is C23H20N2O4S2. The van der Waals surface area contributed by atoms with Crippen molar-refractivity contribution in [2.24, 2.45) is 0 Å². The van der Waals surface area contributed by atoms with Gasteiger partial charge in [-0.05, 0) is 55.5 Å². The molecule has 0 aromatic heterocycles. The van der Waals surface area contributed by atoms with Crippen molar-refractivity contribution < 1.29 is 18.0 Å². The molecule has 0 aliphatic carbocycles. The van der Waals surface area contributed by atoms with Crippen LogP contribution >= 0.6 is 11.8 Å². The lowest BCUT2D eigenvalue weighted by molar-refractivity contribution is -0.121. The fraction of sp³-hybridized carbons (Fsp3) is 0.130. The summed E-state index contributed by atoms with van der Waals surface area (Å²) in [6, 6.07) is 22.1. The Kier molecular flexibility index (Phi) is 5.84. The molecule has 0 radical (unpaired) electrons. The van der Waals surface area contributed by atoms with Crippen LogP contribution in [-0.4, -0.2) is 25.5 Å². The highest BCUT2D eigenvalue weighted by molar-refractivity contribution is 8.00. The first kappa shape index (κ1) is 21.1. The fourth-order valence-corrected chi connectivity index (χ4v) is 5.37. The molecule has 3 aromatic carbocycles. The zero-order valence-corrected chi connectivity index (χ0v) is 18.3. The Morgan fingerprint density at radius 3 is 2.19 bits per heavy atom. The van der Waals surface area contributed by atoms with E-state index < -0.39 is 15.3 Å². The molecule has 4 rings (SSSR count). The summed E-state index contributed by atoms with van der Waals surface area (Å²) in [6.45, 7) is 1.94. The lowest BCUT2D eigenvalue weighted by Crippen LogP contribution is -2.31. The average molecular weight is 453 g/mol. The summed E-state index contributed by atoms with van der Waals surface area (Å²) in [6.07, 6.45) is 0.125. The lowest BCUT2D eigenvalue weighted by atomic mass is 10.2. The molecule has 8 heteroatoms. The van der Waals surface area contributed by atoms with E-state index in [4.69, 9.17) is 0 Å². The monoisotopic (exact) mass is 452 g/mol. The van der Waals surface area contributed by atoms with Crippen molar-refractivity contribution >= 4 is 45.0 Å². The summed E-state index contributed by atoms with van der Waals surface area (Å²) in [5.41, 5.74) is 2.05. The summed E-state index contributed by atoms with van der Waals surface area (Å²) in [4.78, 5) is 27.4. The summed E-state index contributed by atoms with van der Waals surface area (Å²) in [7, 11) is -3.67. The topological polar surface area (TPSA) is 83.6 Å². The van der Waals surface area contributed by atoms with Gasteiger partial charge in [-0.2, -0.15) is 0 Å². The molecule has 1 atom stereocenters. The van der Waals surface area contributed by atoms with E-state index in [1.807, 2.05) is 19.1 Å². The van der Waals surface area contributed by atoms with Gasteiger partial charge in [0.15, 0.2) is 0 Å². The third kappa shape index (κ3) is 4.65. The van der Waals surface area contributed by atoms with Crippen molar-refractivity contribution in [3.8, 4) is 0 Å². The Labute approximate surface area is 185 Å². The molecule has 1 N–H and O–H groups in total. The summed E-state index contributed by atoms with van der Waals surface area (Å²) >= 11 is 1.30. The third-order valence-electron chi connectivity index (χ3n) is 4.84. The van der Waals surface area contributed by atoms with Gasteiger partial charge < -0.3 is 0 Å². The van der Waals surface area contributed by atoms with Crippen LogP contribution in [0.25, 0.3) is 0 Å². The normalized spacial score (nSPS) is 16.5. The first-order valence-electron chi connectivity index (χ1n) is 9.61. The summed E-state index contributed by atoms with van der Waals surface area (Å²) in [5, 5.41) is -0.513. The second kappa shape index (κ2) is 8.56. The molecular weight excluding hydrogens is 432 g/mol. The van der Waals surface area contributed by atoms with Gasteiger partial charge in [-0.3, -0.25) is 14.3 Å². The van der Waals surface area contributed by atoms with Crippen LogP contribution in [0.3, 0.4) is 0 Å². The molecule has 31 heavy (non-hydrogen) atoms. The second-order valence-electron chi connectivity index (χ2n) is 7.16. The average Bonchev–Trinajstić information content (AvgIpc) is 3.03. The predicted octanol–water partition coefficient (Wildman–Crippen LogP) is 4.22. The van der Waals surface area contributed by atoms with E-state index in [-0.39, 0.29) is 23.1 Å². The third-order valence-corrected chi connectivity index (χ3v) is 7.43. The number of aryl methyl sites for hydroxylation is 1. The van der Waals surface area contributed by atoms with E-state index >= 15 is 0 Å². The number of anilines is 2. The van der Waals surface area contributed by atoms with Gasteiger partial charge in [0.2, 0.25) is 11.8 Å². The smallest absolute Gasteiger partial charge is 0.261 e. The van der Waals surface area contributed by atoms with Gasteiger partial charge in [0, 0.05) is 17.0 Å². The van der Waals surface area contributed by atoms with Crippen LogP contribution in [-0.2, 0) is 19.6 Å². The van der Waals surface area contributed by atoms with E-state index in [9.17, 15) is 18.0 Å². The van der Waals surface area contributed by atoms with Crippen molar-refractivity contribution in [3.05, 3.63) is 84.4 Å². The molecule has 0 unspecified atom stereocenters. The number of benzene rings is 3. The van der Waals surface area contributed by atoms with E-state index in [2.05, 4.69) is 4.72 Å². The largest absolute Gasteiger partial charge is 0.280 e. The maximum Gasteiger partial charge on any atom is 0.261 e. The minimum Gasteiger partial charge on any atom is -0.280 e. The maximum absolute atomic E-state index is 12.8. The molecule has 1 aliphatic heterocycles. The van der Waals surface area contributed by atoms with Crippen LogP contribution in [0.5, 0.6) is 0 Å². The standard InChI is InChI=1S/C23H20N2O4S2/c1-16-7-11-18(12-8-16)25-22(26)15-21(23(25)27)30-19-13-9-17(10-14-19)24-31(28,29)20-5-3-2-4-6-20/h2-14,21,24H,15H2,1H3/t21-/m1/s1. The number of carbonyl (C=O) groups excluding carboxylic acids is 2. The summed E-state index contributed by atoms with van der Waals surface area (Å²) < 4.78 is 27.4. The van der Waals surface area contributed by atoms with E-state index in [1.54, 1.807) is 54.6 Å². The van der Waals surface area contributed by atoms with Crippen molar-refractivity contribution in [1.82, 2.24) is 0 Å². The van der Waals surface area contributed by atoms with Gasteiger partial charge in [0.25, 0.3) is 10.0 Å². The van der Waals surface area contributed by atoms with Crippen molar-refractivity contribution in [1.29, 1.82) is 0 Å². The lowest BCUT2D eigenvalue weighted by Gasteiger charge is -2.15. The number of rotatable bonds is 6. The summed E-state index contributed by atoms with van der Waals surface area (Å²) in [5.74, 6) is -0.466. The quantitative estimate of drug-likeness (QED) is 0.566. The Morgan fingerprint density at radius 1 is 0.903 bits per heavy atom. The van der Waals surface area contributed by atoms with Gasteiger partial charge in [0.05, 0.1) is 15.8 Å². The highest BCUT2D eigenvalue weighted by Crippen LogP contribution is 2.34. The van der Waals surface area contributed by atoms with E-state index in [1.165, 1.54) is 28.8 Å². The van der Waals surface area contributed by atoms with Crippen LogP contribution in [0, 0.1) is 6.92 Å². The maximum atomic E-state index is 12.8. The molecule has 0 spiro atoms. The molecule has 3 aromatic rings. The van der Waals surface area contributed by atoms with Crippen molar-refractivity contribution in [3.63, 3.8) is 0 Å². The molecule has 6 nitrogen and oxygen atoms in total. The van der Waals surface area contributed by atoms with Crippen LogP contribution < -0.4 is 9.62 Å². The number of sulfonamides is 1. The fourth-order valence-electron chi connectivity index (χ4n) is 3.24. The van der Waals surface area contributed by atoms with E-state index in [0.29, 0.717) is 11.4 Å². The van der Waals surface area contributed by atoms with Crippen LogP contribution in [0.4, 0.5) is 11.4 Å². The minimum absolute atomic E-state index is 0.125. The molecule has 158 valence electrons. The molecule has 0 bridgehead atoms. The number of imide groups is 1. The highest BCUT2D eigenvalue weighted by atomic mass is 32.2. The number of nitrogens with one attached hydrogen (secondary N) is 1. The highest BCUT2D eigenvalue weighted by Gasteiger charge is 2.40. The van der Waals surface area contributed by atoms with Crippen molar-refractivity contribution in [2.75, 3.05) is 9.62 Å². The predicted molar refractivity (Wildman–Crippen MR) is 122 cm³/mol. The molecule has 0 saturated carbocycles. The Balaban J connectivity index is 1.44. The Bertz CT molecular complexity index is 1210. The molecule has 1 aliphatic rings. The zero-order valence-electron chi connectivity index (χ0n) is 16.7. The Morgan fingerprint density at radius 2 is 1.55 bits per heavy atom. The van der Waals surface area contributed by atoms with Gasteiger partial charge >= 0.3 is 0 Å². The van der Waals surface area contributed by atoms with E-state index in [0.717, 1.165) is 10.5 Å². The zero-order chi connectivity index (χ0) is 22.0. The first-order chi connectivity index (χ1) is 14.8. The van der Waals surface area contributed by atoms with Crippen LogP contribution in [0.1, 0.15) is 12.0 Å².